The molecule has 0 radical (unpaired) electrons. The van der Waals surface area contributed by atoms with Gasteiger partial charge in [0, 0.05) is 18.7 Å². The van der Waals surface area contributed by atoms with Gasteiger partial charge >= 0.3 is 0 Å². The van der Waals surface area contributed by atoms with E-state index in [0.717, 1.165) is 46.1 Å². The zero-order chi connectivity index (χ0) is 19.4. The van der Waals surface area contributed by atoms with Crippen molar-refractivity contribution in [1.82, 2.24) is 9.88 Å². The molecule has 6 heteroatoms. The molecule has 3 aromatic rings. The molecule has 1 amide bonds. The van der Waals surface area contributed by atoms with Crippen molar-refractivity contribution in [3.63, 3.8) is 0 Å². The third-order valence-electron chi connectivity index (χ3n) is 4.92. The zero-order valence-corrected chi connectivity index (χ0v) is 18.6. The number of thiazole rings is 1. The highest BCUT2D eigenvalue weighted by molar-refractivity contribution is 7.22. The Balaban J connectivity index is 0.00000280. The molecule has 0 saturated heterocycles. The van der Waals surface area contributed by atoms with Gasteiger partial charge in [0.15, 0.2) is 5.13 Å². The number of fused-ring (bicyclic) bond motifs is 1. The van der Waals surface area contributed by atoms with E-state index in [9.17, 15) is 4.79 Å². The normalized spacial score (nSPS) is 10.9. The molecule has 0 bridgehead atoms. The molecule has 3 rings (SSSR count). The minimum atomic E-state index is 0. The summed E-state index contributed by atoms with van der Waals surface area (Å²) in [6.07, 6.45) is 0. The van der Waals surface area contributed by atoms with Gasteiger partial charge in [-0.3, -0.25) is 9.69 Å². The van der Waals surface area contributed by atoms with E-state index in [-0.39, 0.29) is 18.3 Å². The molecule has 2 aromatic carbocycles. The molecule has 0 saturated carbocycles. The van der Waals surface area contributed by atoms with E-state index in [1.807, 2.05) is 42.2 Å². The van der Waals surface area contributed by atoms with E-state index in [4.69, 9.17) is 4.98 Å². The van der Waals surface area contributed by atoms with E-state index in [2.05, 4.69) is 37.8 Å². The fourth-order valence-corrected chi connectivity index (χ4v) is 4.18. The summed E-state index contributed by atoms with van der Waals surface area (Å²) >= 11 is 1.59. The molecule has 0 aliphatic carbocycles. The molecule has 0 fully saturated rings. The van der Waals surface area contributed by atoms with Crippen LogP contribution in [0.4, 0.5) is 5.13 Å². The topological polar surface area (TPSA) is 36.4 Å². The SMILES string of the molecule is CCN(CC)CCN(C(=O)c1ccc(C)cc1)c1nc2c(C)cccc2s1.Cl. The van der Waals surface area contributed by atoms with Crippen molar-refractivity contribution < 1.29 is 4.79 Å². The lowest BCUT2D eigenvalue weighted by Gasteiger charge is -2.24. The molecule has 0 spiro atoms. The summed E-state index contributed by atoms with van der Waals surface area (Å²) in [4.78, 5) is 22.3. The van der Waals surface area contributed by atoms with Crippen molar-refractivity contribution in [1.29, 1.82) is 0 Å². The Morgan fingerprint density at radius 3 is 2.29 bits per heavy atom. The lowest BCUT2D eigenvalue weighted by atomic mass is 10.1. The third kappa shape index (κ3) is 4.90. The van der Waals surface area contributed by atoms with E-state index < -0.39 is 0 Å². The van der Waals surface area contributed by atoms with Gasteiger partial charge in [0.05, 0.1) is 10.2 Å². The summed E-state index contributed by atoms with van der Waals surface area (Å²) in [5.41, 5.74) is 3.98. The number of benzene rings is 2. The highest BCUT2D eigenvalue weighted by Crippen LogP contribution is 2.31. The zero-order valence-electron chi connectivity index (χ0n) is 16.9. The average molecular weight is 418 g/mol. The van der Waals surface area contributed by atoms with Crippen molar-refractivity contribution in [3.8, 4) is 0 Å². The van der Waals surface area contributed by atoms with Gasteiger partial charge in [-0.15, -0.1) is 12.4 Å². The Kier molecular flexibility index (Phi) is 7.98. The van der Waals surface area contributed by atoms with Crippen LogP contribution in [-0.4, -0.2) is 42.0 Å². The number of rotatable bonds is 7. The van der Waals surface area contributed by atoms with Crippen LogP contribution in [0.3, 0.4) is 0 Å². The number of hydrogen-bond donors (Lipinski definition) is 0. The van der Waals surface area contributed by atoms with Crippen molar-refractivity contribution in [2.45, 2.75) is 27.7 Å². The number of halogens is 1. The van der Waals surface area contributed by atoms with Crippen LogP contribution in [0.15, 0.2) is 42.5 Å². The van der Waals surface area contributed by atoms with Gasteiger partial charge in [-0.25, -0.2) is 4.98 Å². The van der Waals surface area contributed by atoms with Gasteiger partial charge < -0.3 is 4.90 Å². The Morgan fingerprint density at radius 1 is 1.00 bits per heavy atom. The first kappa shape index (κ1) is 22.3. The molecule has 0 aliphatic rings. The first-order valence-electron chi connectivity index (χ1n) is 9.50. The van der Waals surface area contributed by atoms with Gasteiger partial charge in [0.25, 0.3) is 5.91 Å². The van der Waals surface area contributed by atoms with Crippen molar-refractivity contribution in [2.75, 3.05) is 31.1 Å². The van der Waals surface area contributed by atoms with Crippen molar-refractivity contribution in [2.24, 2.45) is 0 Å². The number of carbonyl (C=O) groups is 1. The monoisotopic (exact) mass is 417 g/mol. The smallest absolute Gasteiger partial charge is 0.260 e. The number of likely N-dealkylation sites (N-methyl/N-ethyl adjacent to an activating group) is 1. The number of anilines is 1. The first-order chi connectivity index (χ1) is 13.0. The molecular weight excluding hydrogens is 390 g/mol. The maximum absolute atomic E-state index is 13.3. The third-order valence-corrected chi connectivity index (χ3v) is 5.96. The highest BCUT2D eigenvalue weighted by atomic mass is 35.5. The second-order valence-corrected chi connectivity index (χ2v) is 7.78. The van der Waals surface area contributed by atoms with Crippen LogP contribution in [0.1, 0.15) is 35.3 Å². The fraction of sp³-hybridized carbons (Fsp3) is 0.364. The van der Waals surface area contributed by atoms with Gasteiger partial charge in [0.2, 0.25) is 0 Å². The van der Waals surface area contributed by atoms with Crippen LogP contribution in [-0.2, 0) is 0 Å². The van der Waals surface area contributed by atoms with E-state index in [0.29, 0.717) is 12.1 Å². The quantitative estimate of drug-likeness (QED) is 0.521. The van der Waals surface area contributed by atoms with E-state index in [1.54, 1.807) is 11.3 Å². The number of carbonyl (C=O) groups excluding carboxylic acids is 1. The second-order valence-electron chi connectivity index (χ2n) is 6.77. The van der Waals surface area contributed by atoms with Crippen LogP contribution in [0, 0.1) is 13.8 Å². The number of aromatic nitrogens is 1. The average Bonchev–Trinajstić information content (AvgIpc) is 3.11. The summed E-state index contributed by atoms with van der Waals surface area (Å²) in [5.74, 6) is 0.0128. The lowest BCUT2D eigenvalue weighted by molar-refractivity contribution is 0.0984. The molecule has 150 valence electrons. The van der Waals surface area contributed by atoms with Gasteiger partial charge in [0.1, 0.15) is 0 Å². The molecule has 0 N–H and O–H groups in total. The predicted octanol–water partition coefficient (Wildman–Crippen LogP) is 5.32. The summed E-state index contributed by atoms with van der Waals surface area (Å²) in [6.45, 7) is 11.8. The number of para-hydroxylation sites is 1. The van der Waals surface area contributed by atoms with Crippen molar-refractivity contribution >= 4 is 45.0 Å². The number of amides is 1. The summed E-state index contributed by atoms with van der Waals surface area (Å²) in [6, 6.07) is 14.0. The molecule has 4 nitrogen and oxygen atoms in total. The Morgan fingerprint density at radius 2 is 1.68 bits per heavy atom. The fourth-order valence-electron chi connectivity index (χ4n) is 3.11. The largest absolute Gasteiger partial charge is 0.302 e. The van der Waals surface area contributed by atoms with Crippen LogP contribution in [0.2, 0.25) is 0 Å². The Labute approximate surface area is 177 Å². The van der Waals surface area contributed by atoms with Gasteiger partial charge in [-0.1, -0.05) is 55.0 Å². The van der Waals surface area contributed by atoms with Crippen LogP contribution >= 0.6 is 23.7 Å². The molecule has 0 unspecified atom stereocenters. The molecule has 0 atom stereocenters. The highest BCUT2D eigenvalue weighted by Gasteiger charge is 2.22. The molecule has 1 aromatic heterocycles. The molecule has 1 heterocycles. The predicted molar refractivity (Wildman–Crippen MR) is 122 cm³/mol. The summed E-state index contributed by atoms with van der Waals surface area (Å²) in [5, 5.41) is 0.775. The summed E-state index contributed by atoms with van der Waals surface area (Å²) in [7, 11) is 0. The molecular formula is C22H28ClN3OS. The molecule has 28 heavy (non-hydrogen) atoms. The van der Waals surface area contributed by atoms with E-state index >= 15 is 0 Å². The number of aryl methyl sites for hydroxylation is 2. The number of nitrogens with zero attached hydrogens (tertiary/aromatic N) is 3. The minimum Gasteiger partial charge on any atom is -0.302 e. The van der Waals surface area contributed by atoms with Crippen molar-refractivity contribution in [3.05, 3.63) is 59.2 Å². The summed E-state index contributed by atoms with van der Waals surface area (Å²) < 4.78 is 1.12. The van der Waals surface area contributed by atoms with Gasteiger partial charge in [-0.05, 0) is 50.7 Å². The standard InChI is InChI=1S/C22H27N3OS.ClH/c1-5-24(6-2)14-15-25(21(26)18-12-10-16(3)11-13-18)22-23-20-17(4)8-7-9-19(20)27-22;/h7-13H,5-6,14-15H2,1-4H3;1H. The first-order valence-corrected chi connectivity index (χ1v) is 10.3. The maximum atomic E-state index is 13.3. The Bertz CT molecular complexity index is 919. The minimum absolute atomic E-state index is 0. The van der Waals surface area contributed by atoms with Crippen LogP contribution < -0.4 is 4.90 Å². The van der Waals surface area contributed by atoms with Gasteiger partial charge in [-0.2, -0.15) is 0 Å². The maximum Gasteiger partial charge on any atom is 0.260 e. The lowest BCUT2D eigenvalue weighted by Crippen LogP contribution is -2.38. The molecule has 0 aliphatic heterocycles. The second kappa shape index (κ2) is 10.0. The Hall–Kier alpha value is -1.95. The van der Waals surface area contributed by atoms with Crippen LogP contribution in [0.25, 0.3) is 10.2 Å². The van der Waals surface area contributed by atoms with E-state index in [1.165, 1.54) is 0 Å². The number of hydrogen-bond acceptors (Lipinski definition) is 4. The van der Waals surface area contributed by atoms with Crippen LogP contribution in [0.5, 0.6) is 0 Å².